The van der Waals surface area contributed by atoms with Crippen molar-refractivity contribution >= 4 is 12.2 Å². The molecule has 0 unspecified atom stereocenters. The average Bonchev–Trinajstić information content (AvgIpc) is 2.63. The first kappa shape index (κ1) is 10.1. The number of nitrogens with two attached hydrogens (primary N) is 1. The van der Waals surface area contributed by atoms with Crippen molar-refractivity contribution in [3.8, 4) is 0 Å². The van der Waals surface area contributed by atoms with Gasteiger partial charge in [-0.2, -0.15) is 0 Å². The van der Waals surface area contributed by atoms with Crippen LogP contribution in [0.4, 0.5) is 0 Å². The highest BCUT2D eigenvalue weighted by atomic mass is 16.3. The van der Waals surface area contributed by atoms with Crippen molar-refractivity contribution in [1.29, 1.82) is 0 Å². The van der Waals surface area contributed by atoms with Gasteiger partial charge in [-0.3, -0.25) is 0 Å². The van der Waals surface area contributed by atoms with E-state index in [9.17, 15) is 0 Å². The maximum Gasteiger partial charge on any atom is 0.130 e. The van der Waals surface area contributed by atoms with E-state index in [0.29, 0.717) is 6.54 Å². The summed E-state index contributed by atoms with van der Waals surface area (Å²) in [5.74, 6) is 0.879. The van der Waals surface area contributed by atoms with Crippen molar-refractivity contribution < 1.29 is 4.42 Å². The van der Waals surface area contributed by atoms with Crippen molar-refractivity contribution in [3.05, 3.63) is 22.5 Å². The number of hydrogen-bond acceptors (Lipinski definition) is 2. The van der Waals surface area contributed by atoms with E-state index < -0.39 is 0 Å². The van der Waals surface area contributed by atoms with E-state index in [0.717, 1.165) is 24.0 Å². The summed E-state index contributed by atoms with van der Waals surface area (Å²) < 4.78 is 5.44. The molecule has 0 aromatic carbocycles. The van der Waals surface area contributed by atoms with E-state index in [2.05, 4.69) is 12.2 Å². The van der Waals surface area contributed by atoms with Crippen LogP contribution in [0, 0.1) is 0 Å². The molecule has 0 aliphatic heterocycles. The molecule has 1 aliphatic rings. The second-order valence-corrected chi connectivity index (χ2v) is 2.72. The van der Waals surface area contributed by atoms with Crippen LogP contribution in [0.5, 0.6) is 0 Å². The zero-order chi connectivity index (χ0) is 9.68. The molecule has 2 rings (SSSR count). The molecule has 0 saturated carbocycles. The topological polar surface area (TPSA) is 39.2 Å². The van der Waals surface area contributed by atoms with E-state index >= 15 is 0 Å². The predicted molar refractivity (Wildman–Crippen MR) is 55.4 cm³/mol. The largest absolute Gasteiger partial charge is 0.460 e. The van der Waals surface area contributed by atoms with Crippen molar-refractivity contribution in [2.24, 2.45) is 5.73 Å². The molecule has 1 aromatic heterocycles. The molecule has 2 heteroatoms. The molecular formula is C11H17NO. The van der Waals surface area contributed by atoms with E-state index in [1.54, 1.807) is 0 Å². The SMILES string of the molecule is CC.NCc1cc2c(o1)=CCCC=2. The van der Waals surface area contributed by atoms with Crippen LogP contribution in [-0.2, 0) is 6.54 Å². The lowest BCUT2D eigenvalue weighted by Gasteiger charge is -1.90. The fourth-order valence-corrected chi connectivity index (χ4v) is 1.35. The molecule has 0 spiro atoms. The third-order valence-electron chi connectivity index (χ3n) is 1.90. The van der Waals surface area contributed by atoms with Gasteiger partial charge in [-0.15, -0.1) is 0 Å². The number of furan rings is 1. The quantitative estimate of drug-likeness (QED) is 0.701. The van der Waals surface area contributed by atoms with E-state index in [4.69, 9.17) is 10.2 Å². The molecule has 0 radical (unpaired) electrons. The molecule has 1 aromatic rings. The molecule has 2 N–H and O–H groups in total. The van der Waals surface area contributed by atoms with Gasteiger partial charge in [0.2, 0.25) is 0 Å². The van der Waals surface area contributed by atoms with Crippen molar-refractivity contribution in [2.45, 2.75) is 33.2 Å². The summed E-state index contributed by atoms with van der Waals surface area (Å²) in [6.45, 7) is 4.49. The van der Waals surface area contributed by atoms with Gasteiger partial charge in [0.15, 0.2) is 0 Å². The first-order valence-electron chi connectivity index (χ1n) is 4.89. The first-order chi connectivity index (χ1) is 6.40. The van der Waals surface area contributed by atoms with Crippen molar-refractivity contribution in [1.82, 2.24) is 0 Å². The Labute approximate surface area is 78.7 Å². The van der Waals surface area contributed by atoms with Gasteiger partial charge in [0.05, 0.1) is 6.54 Å². The Bertz CT molecular complexity index is 328. The third-order valence-corrected chi connectivity index (χ3v) is 1.90. The second-order valence-electron chi connectivity index (χ2n) is 2.72. The van der Waals surface area contributed by atoms with Crippen molar-refractivity contribution in [2.75, 3.05) is 0 Å². The minimum absolute atomic E-state index is 0.495. The summed E-state index contributed by atoms with van der Waals surface area (Å²) in [5.41, 5.74) is 6.44. The van der Waals surface area contributed by atoms with Crippen molar-refractivity contribution in [3.63, 3.8) is 0 Å². The van der Waals surface area contributed by atoms with Gasteiger partial charge in [-0.1, -0.05) is 19.9 Å². The number of hydrogen-bond donors (Lipinski definition) is 1. The predicted octanol–water partition coefficient (Wildman–Crippen LogP) is 1.12. The molecule has 0 amide bonds. The third kappa shape index (κ3) is 2.22. The Kier molecular flexibility index (Phi) is 3.77. The monoisotopic (exact) mass is 179 g/mol. The fourth-order valence-electron chi connectivity index (χ4n) is 1.35. The van der Waals surface area contributed by atoms with Gasteiger partial charge >= 0.3 is 0 Å². The Morgan fingerprint density at radius 2 is 2.00 bits per heavy atom. The molecule has 2 nitrogen and oxygen atoms in total. The van der Waals surface area contributed by atoms with E-state index in [1.165, 1.54) is 5.22 Å². The minimum atomic E-state index is 0.495. The standard InChI is InChI=1S/C9H11NO.C2H6/c10-6-8-5-7-3-1-2-4-9(7)11-8;1-2/h3-5H,1-2,6,10H2;1-2H3. The maximum absolute atomic E-state index is 5.44. The maximum atomic E-state index is 5.44. The lowest BCUT2D eigenvalue weighted by atomic mass is 10.2. The number of rotatable bonds is 1. The molecule has 72 valence electrons. The average molecular weight is 179 g/mol. The molecular weight excluding hydrogens is 162 g/mol. The van der Waals surface area contributed by atoms with Gasteiger partial charge in [0.25, 0.3) is 0 Å². The molecule has 13 heavy (non-hydrogen) atoms. The van der Waals surface area contributed by atoms with Gasteiger partial charge in [0, 0.05) is 5.22 Å². The molecule has 0 saturated heterocycles. The minimum Gasteiger partial charge on any atom is -0.460 e. The van der Waals surface area contributed by atoms with E-state index in [-0.39, 0.29) is 0 Å². The highest BCUT2D eigenvalue weighted by molar-refractivity contribution is 5.35. The first-order valence-corrected chi connectivity index (χ1v) is 4.89. The molecule has 1 aliphatic carbocycles. The summed E-state index contributed by atoms with van der Waals surface area (Å²) >= 11 is 0. The molecule has 0 bridgehead atoms. The highest BCUT2D eigenvalue weighted by Crippen LogP contribution is 1.97. The summed E-state index contributed by atoms with van der Waals surface area (Å²) in [6.07, 6.45) is 6.52. The molecule has 0 fully saturated rings. The highest BCUT2D eigenvalue weighted by Gasteiger charge is 1.99. The molecule has 0 atom stereocenters. The van der Waals surface area contributed by atoms with Crippen LogP contribution < -0.4 is 16.4 Å². The van der Waals surface area contributed by atoms with Crippen LogP contribution in [0.1, 0.15) is 32.4 Å². The van der Waals surface area contributed by atoms with Gasteiger partial charge < -0.3 is 10.2 Å². The van der Waals surface area contributed by atoms with Gasteiger partial charge in [-0.25, -0.2) is 0 Å². The summed E-state index contributed by atoms with van der Waals surface area (Å²) in [7, 11) is 0. The lowest BCUT2D eigenvalue weighted by molar-refractivity contribution is 0.480. The fraction of sp³-hybridized carbons (Fsp3) is 0.455. The summed E-state index contributed by atoms with van der Waals surface area (Å²) in [5, 5.41) is 1.21. The van der Waals surface area contributed by atoms with Crippen LogP contribution >= 0.6 is 0 Å². The number of fused-ring (bicyclic) bond motifs is 1. The van der Waals surface area contributed by atoms with Crippen LogP contribution in [0.2, 0.25) is 0 Å². The Morgan fingerprint density at radius 3 is 2.62 bits per heavy atom. The van der Waals surface area contributed by atoms with Gasteiger partial charge in [0.1, 0.15) is 11.2 Å². The Hall–Kier alpha value is -1.02. The molecule has 1 heterocycles. The zero-order valence-electron chi connectivity index (χ0n) is 8.34. The second kappa shape index (κ2) is 4.87. The zero-order valence-corrected chi connectivity index (χ0v) is 8.34. The lowest BCUT2D eigenvalue weighted by Crippen LogP contribution is -2.21. The summed E-state index contributed by atoms with van der Waals surface area (Å²) in [4.78, 5) is 0. The van der Waals surface area contributed by atoms with Crippen LogP contribution in [0.15, 0.2) is 10.5 Å². The Morgan fingerprint density at radius 1 is 1.31 bits per heavy atom. The van der Waals surface area contributed by atoms with Crippen LogP contribution in [0.25, 0.3) is 12.2 Å². The summed E-state index contributed by atoms with van der Waals surface area (Å²) in [6, 6.07) is 2.02. The van der Waals surface area contributed by atoms with Crippen LogP contribution in [0.3, 0.4) is 0 Å². The normalized spacial score (nSPS) is 13.2. The van der Waals surface area contributed by atoms with Gasteiger partial charge in [-0.05, 0) is 25.0 Å². The smallest absolute Gasteiger partial charge is 0.130 e. The van der Waals surface area contributed by atoms with E-state index in [1.807, 2.05) is 19.9 Å². The van der Waals surface area contributed by atoms with Crippen LogP contribution in [-0.4, -0.2) is 0 Å². The Balaban J connectivity index is 0.000000396.